The zero-order valence-electron chi connectivity index (χ0n) is 12.9. The third kappa shape index (κ3) is 2.09. The Morgan fingerprint density at radius 1 is 1.04 bits per heavy atom. The van der Waals surface area contributed by atoms with E-state index in [0.29, 0.717) is 17.7 Å². The summed E-state index contributed by atoms with van der Waals surface area (Å²) in [6, 6.07) is 13.0. The number of hydrogen-bond acceptors (Lipinski definition) is 4. The lowest BCUT2D eigenvalue weighted by molar-refractivity contribution is -0.122. The third-order valence-corrected chi connectivity index (χ3v) is 4.54. The van der Waals surface area contributed by atoms with E-state index in [1.54, 1.807) is 12.1 Å². The normalized spacial score (nSPS) is 17.3. The van der Waals surface area contributed by atoms with Crippen LogP contribution in [0.15, 0.2) is 48.2 Å². The zero-order valence-corrected chi connectivity index (χ0v) is 13.7. The third-order valence-electron chi connectivity index (χ3n) is 4.24. The average Bonchev–Trinajstić information content (AvgIpc) is 3.02. The Balaban J connectivity index is 1.77. The van der Waals surface area contributed by atoms with E-state index in [0.717, 1.165) is 16.7 Å². The molecule has 1 amide bonds. The number of ether oxygens (including phenoxy) is 1. The first-order valence-electron chi connectivity index (χ1n) is 7.63. The Bertz CT molecular complexity index is 945. The summed E-state index contributed by atoms with van der Waals surface area (Å²) >= 11 is 5.05. The molecule has 4 nitrogen and oxygen atoms in total. The molecule has 1 fully saturated rings. The number of fused-ring (bicyclic) bond motifs is 3. The molecule has 0 atom stereocenters. The van der Waals surface area contributed by atoms with Gasteiger partial charge in [0.1, 0.15) is 0 Å². The number of carbonyl (C=O) groups is 2. The zero-order chi connectivity index (χ0) is 16.8. The first-order chi connectivity index (χ1) is 11.6. The van der Waals surface area contributed by atoms with E-state index in [9.17, 15) is 9.59 Å². The summed E-state index contributed by atoms with van der Waals surface area (Å²) in [4.78, 5) is 26.0. The Morgan fingerprint density at radius 3 is 2.46 bits per heavy atom. The van der Waals surface area contributed by atoms with Crippen molar-refractivity contribution in [2.75, 3.05) is 6.54 Å². The predicted octanol–water partition coefficient (Wildman–Crippen LogP) is 3.40. The van der Waals surface area contributed by atoms with Crippen molar-refractivity contribution < 1.29 is 14.3 Å². The number of likely N-dealkylation sites (N-methyl/N-ethyl adjacent to an activating group) is 1. The van der Waals surface area contributed by atoms with Gasteiger partial charge in [-0.15, -0.1) is 0 Å². The molecule has 0 bridgehead atoms. The van der Waals surface area contributed by atoms with Gasteiger partial charge in [0.15, 0.2) is 11.5 Å². The topological polar surface area (TPSA) is 46.6 Å². The van der Waals surface area contributed by atoms with Crippen LogP contribution in [0.25, 0.3) is 17.2 Å². The van der Waals surface area contributed by atoms with Crippen molar-refractivity contribution in [1.82, 2.24) is 4.90 Å². The van der Waals surface area contributed by atoms with Gasteiger partial charge in [-0.25, -0.2) is 0 Å². The van der Waals surface area contributed by atoms with Crippen molar-refractivity contribution in [2.24, 2.45) is 0 Å². The number of rotatable bonds is 2. The minimum Gasteiger partial charge on any atom is -0.426 e. The van der Waals surface area contributed by atoms with Crippen LogP contribution < -0.4 is 0 Å². The maximum Gasteiger partial charge on any atom is 0.297 e. The molecule has 1 aliphatic heterocycles. The molecule has 2 aliphatic rings. The molecule has 0 saturated carbocycles. The summed E-state index contributed by atoms with van der Waals surface area (Å²) < 4.78 is 5.39. The molecule has 1 saturated heterocycles. The number of hydrogen-bond donors (Lipinski definition) is 0. The van der Waals surface area contributed by atoms with Crippen LogP contribution in [0, 0.1) is 0 Å². The lowest BCUT2D eigenvalue weighted by Crippen LogP contribution is -2.27. The van der Waals surface area contributed by atoms with E-state index >= 15 is 0 Å². The van der Waals surface area contributed by atoms with Gasteiger partial charge in [0, 0.05) is 17.7 Å². The van der Waals surface area contributed by atoms with Crippen LogP contribution in [0.1, 0.15) is 28.4 Å². The minimum atomic E-state index is -0.237. The largest absolute Gasteiger partial charge is 0.426 e. The number of nitrogens with zero attached hydrogens (tertiary/aromatic N) is 1. The second-order valence-corrected chi connectivity index (χ2v) is 5.95. The molecule has 118 valence electrons. The fraction of sp³-hybridized carbons (Fsp3) is 0.105. The fourth-order valence-electron chi connectivity index (χ4n) is 3.06. The molecule has 5 heteroatoms. The highest BCUT2D eigenvalue weighted by atomic mass is 32.1. The Labute approximate surface area is 144 Å². The molecule has 0 radical (unpaired) electrons. The van der Waals surface area contributed by atoms with Gasteiger partial charge in [-0.3, -0.25) is 14.5 Å². The van der Waals surface area contributed by atoms with Crippen molar-refractivity contribution in [3.05, 3.63) is 64.9 Å². The number of ketones is 1. The van der Waals surface area contributed by atoms with Crippen molar-refractivity contribution in [3.8, 4) is 11.1 Å². The molecule has 0 aromatic heterocycles. The first-order valence-corrected chi connectivity index (χ1v) is 8.04. The fourth-order valence-corrected chi connectivity index (χ4v) is 3.36. The number of amides is 1. The number of benzene rings is 2. The minimum absolute atomic E-state index is 0.0336. The van der Waals surface area contributed by atoms with Gasteiger partial charge in [-0.05, 0) is 54.0 Å². The standard InChI is InChI=1S/C19H13NO3S/c1-2-20-18(22)16(23-19(20)24)10-11-7-8-14-15(9-11)12-5-3-4-6-13(12)17(14)21/h3-10H,2H2,1H3/b16-10+. The molecule has 24 heavy (non-hydrogen) atoms. The van der Waals surface area contributed by atoms with Crippen LogP contribution in [-0.4, -0.2) is 28.3 Å². The maximum atomic E-state index is 12.4. The maximum absolute atomic E-state index is 12.4. The molecule has 0 unspecified atom stereocenters. The van der Waals surface area contributed by atoms with Crippen LogP contribution in [0.4, 0.5) is 0 Å². The Kier molecular flexibility index (Phi) is 3.32. The molecule has 0 spiro atoms. The van der Waals surface area contributed by atoms with Gasteiger partial charge in [0.2, 0.25) is 0 Å². The van der Waals surface area contributed by atoms with E-state index in [1.807, 2.05) is 43.3 Å². The molecule has 2 aromatic rings. The monoisotopic (exact) mass is 335 g/mol. The van der Waals surface area contributed by atoms with Gasteiger partial charge in [-0.1, -0.05) is 30.3 Å². The molecule has 1 aliphatic carbocycles. The van der Waals surface area contributed by atoms with Crippen LogP contribution in [0.3, 0.4) is 0 Å². The van der Waals surface area contributed by atoms with Crippen LogP contribution in [-0.2, 0) is 9.53 Å². The van der Waals surface area contributed by atoms with Crippen molar-refractivity contribution in [3.63, 3.8) is 0 Å². The molecule has 0 N–H and O–H groups in total. The highest BCUT2D eigenvalue weighted by Gasteiger charge is 2.32. The van der Waals surface area contributed by atoms with E-state index in [2.05, 4.69) is 0 Å². The van der Waals surface area contributed by atoms with Crippen LogP contribution in [0.5, 0.6) is 0 Å². The summed E-state index contributed by atoms with van der Waals surface area (Å²) in [6.07, 6.45) is 1.66. The molecule has 4 rings (SSSR count). The van der Waals surface area contributed by atoms with E-state index < -0.39 is 0 Å². The second kappa shape index (κ2) is 5.39. The molecular formula is C19H13NO3S. The number of carbonyl (C=O) groups excluding carboxylic acids is 2. The highest BCUT2D eigenvalue weighted by molar-refractivity contribution is 7.80. The van der Waals surface area contributed by atoms with E-state index in [4.69, 9.17) is 17.0 Å². The lowest BCUT2D eigenvalue weighted by Gasteiger charge is -2.06. The summed E-state index contributed by atoms with van der Waals surface area (Å²) in [5.41, 5.74) is 3.99. The smallest absolute Gasteiger partial charge is 0.297 e. The summed E-state index contributed by atoms with van der Waals surface area (Å²) in [5, 5.41) is 0.176. The first kappa shape index (κ1) is 14.8. The van der Waals surface area contributed by atoms with Gasteiger partial charge in [0.25, 0.3) is 11.1 Å². The molecule has 2 aromatic carbocycles. The van der Waals surface area contributed by atoms with Crippen LogP contribution in [0.2, 0.25) is 0 Å². The molecular weight excluding hydrogens is 322 g/mol. The summed E-state index contributed by atoms with van der Waals surface area (Å²) in [7, 11) is 0. The van der Waals surface area contributed by atoms with Gasteiger partial charge < -0.3 is 4.74 Å². The highest BCUT2D eigenvalue weighted by Crippen LogP contribution is 2.37. The van der Waals surface area contributed by atoms with Crippen molar-refractivity contribution >= 4 is 35.2 Å². The second-order valence-electron chi connectivity index (χ2n) is 5.61. The van der Waals surface area contributed by atoms with E-state index in [-0.39, 0.29) is 22.6 Å². The van der Waals surface area contributed by atoms with Crippen molar-refractivity contribution in [1.29, 1.82) is 0 Å². The van der Waals surface area contributed by atoms with Gasteiger partial charge in [0.05, 0.1) is 0 Å². The van der Waals surface area contributed by atoms with Gasteiger partial charge in [-0.2, -0.15) is 0 Å². The Hall–Kier alpha value is -2.79. The summed E-state index contributed by atoms with van der Waals surface area (Å²) in [6.45, 7) is 2.31. The van der Waals surface area contributed by atoms with Crippen LogP contribution >= 0.6 is 12.2 Å². The Morgan fingerprint density at radius 2 is 1.75 bits per heavy atom. The van der Waals surface area contributed by atoms with Gasteiger partial charge >= 0.3 is 0 Å². The molecule has 1 heterocycles. The SMILES string of the molecule is CCN1C(=O)/C(=C\c2ccc3c(c2)-c2ccccc2C3=O)OC1=S. The van der Waals surface area contributed by atoms with Crippen molar-refractivity contribution in [2.45, 2.75) is 6.92 Å². The van der Waals surface area contributed by atoms with E-state index in [1.165, 1.54) is 4.90 Å². The average molecular weight is 335 g/mol. The lowest BCUT2D eigenvalue weighted by atomic mass is 10.0. The number of thiocarbonyl (C=S) groups is 1. The summed E-state index contributed by atoms with van der Waals surface area (Å²) in [5.74, 6) is 0.00483. The predicted molar refractivity (Wildman–Crippen MR) is 94.4 cm³/mol. The quantitative estimate of drug-likeness (QED) is 0.532.